The molecule has 0 unspecified atom stereocenters. The van der Waals surface area contributed by atoms with Gasteiger partial charge in [0.15, 0.2) is 0 Å². The number of hydrogen-bond donors (Lipinski definition) is 1. The molecule has 1 rings (SSSR count). The SMILES string of the molecule is COC(=O)NCc1cc(C#N)ccc1C. The smallest absolute Gasteiger partial charge is 0.407 e. The van der Waals surface area contributed by atoms with Crippen molar-refractivity contribution in [2.75, 3.05) is 7.11 Å². The highest BCUT2D eigenvalue weighted by atomic mass is 16.5. The predicted molar refractivity (Wildman–Crippen MR) is 55.1 cm³/mol. The molecule has 0 aromatic heterocycles. The van der Waals surface area contributed by atoms with Crippen LogP contribution in [0.3, 0.4) is 0 Å². The van der Waals surface area contributed by atoms with Crippen molar-refractivity contribution in [3.8, 4) is 6.07 Å². The van der Waals surface area contributed by atoms with Crippen LogP contribution in [-0.2, 0) is 11.3 Å². The average molecular weight is 204 g/mol. The number of methoxy groups -OCH3 is 1. The Balaban J connectivity index is 2.76. The van der Waals surface area contributed by atoms with Crippen LogP contribution < -0.4 is 5.32 Å². The number of rotatable bonds is 2. The second kappa shape index (κ2) is 5.01. The molecule has 0 saturated heterocycles. The number of carbonyl (C=O) groups excluding carboxylic acids is 1. The van der Waals surface area contributed by atoms with E-state index in [0.717, 1.165) is 11.1 Å². The van der Waals surface area contributed by atoms with Gasteiger partial charge in [0.2, 0.25) is 0 Å². The van der Waals surface area contributed by atoms with Gasteiger partial charge in [-0.3, -0.25) is 0 Å². The lowest BCUT2D eigenvalue weighted by Crippen LogP contribution is -2.22. The van der Waals surface area contributed by atoms with Gasteiger partial charge in [-0.25, -0.2) is 4.79 Å². The summed E-state index contributed by atoms with van der Waals surface area (Å²) in [5, 5.41) is 11.3. The van der Waals surface area contributed by atoms with Gasteiger partial charge in [-0.1, -0.05) is 6.07 Å². The minimum absolute atomic E-state index is 0.369. The summed E-state index contributed by atoms with van der Waals surface area (Å²) >= 11 is 0. The van der Waals surface area contributed by atoms with Crippen LogP contribution in [0.4, 0.5) is 4.79 Å². The van der Waals surface area contributed by atoms with Crippen molar-refractivity contribution < 1.29 is 9.53 Å². The summed E-state index contributed by atoms with van der Waals surface area (Å²) in [6.07, 6.45) is -0.475. The van der Waals surface area contributed by atoms with Gasteiger partial charge >= 0.3 is 6.09 Å². The van der Waals surface area contributed by atoms with Gasteiger partial charge in [0.25, 0.3) is 0 Å². The number of alkyl carbamates (subject to hydrolysis) is 1. The average Bonchev–Trinajstić information content (AvgIpc) is 2.27. The lowest BCUT2D eigenvalue weighted by molar-refractivity contribution is 0.170. The first-order chi connectivity index (χ1) is 7.17. The molecule has 78 valence electrons. The minimum atomic E-state index is -0.475. The van der Waals surface area contributed by atoms with Gasteiger partial charge < -0.3 is 10.1 Å². The van der Waals surface area contributed by atoms with Crippen LogP contribution in [0.15, 0.2) is 18.2 Å². The van der Waals surface area contributed by atoms with Crippen molar-refractivity contribution in [2.24, 2.45) is 0 Å². The van der Waals surface area contributed by atoms with Gasteiger partial charge in [0, 0.05) is 6.54 Å². The molecular formula is C11H12N2O2. The molecule has 1 amide bonds. The summed E-state index contributed by atoms with van der Waals surface area (Å²) in [6, 6.07) is 7.41. The fraction of sp³-hybridized carbons (Fsp3) is 0.273. The highest BCUT2D eigenvalue weighted by molar-refractivity contribution is 5.67. The quantitative estimate of drug-likeness (QED) is 0.797. The van der Waals surface area contributed by atoms with E-state index in [1.807, 2.05) is 13.0 Å². The predicted octanol–water partition coefficient (Wildman–Crippen LogP) is 1.72. The van der Waals surface area contributed by atoms with Crippen LogP contribution in [0.1, 0.15) is 16.7 Å². The van der Waals surface area contributed by atoms with E-state index < -0.39 is 6.09 Å². The van der Waals surface area contributed by atoms with E-state index >= 15 is 0 Å². The summed E-state index contributed by atoms with van der Waals surface area (Å²) in [7, 11) is 1.31. The third-order valence-electron chi connectivity index (χ3n) is 2.09. The summed E-state index contributed by atoms with van der Waals surface area (Å²) in [5.74, 6) is 0. The number of nitrogens with one attached hydrogen (secondary N) is 1. The monoisotopic (exact) mass is 204 g/mol. The Morgan fingerprint density at radius 2 is 2.33 bits per heavy atom. The number of benzene rings is 1. The highest BCUT2D eigenvalue weighted by Gasteiger charge is 2.03. The third kappa shape index (κ3) is 2.99. The Morgan fingerprint density at radius 1 is 1.60 bits per heavy atom. The zero-order valence-electron chi connectivity index (χ0n) is 8.70. The summed E-state index contributed by atoms with van der Waals surface area (Å²) in [4.78, 5) is 10.9. The van der Waals surface area contributed by atoms with E-state index in [1.165, 1.54) is 7.11 Å². The summed E-state index contributed by atoms with van der Waals surface area (Å²) < 4.78 is 4.45. The largest absolute Gasteiger partial charge is 0.453 e. The Morgan fingerprint density at radius 3 is 2.93 bits per heavy atom. The number of carbonyl (C=O) groups is 1. The van der Waals surface area contributed by atoms with Crippen molar-refractivity contribution in [1.29, 1.82) is 5.26 Å². The molecule has 0 saturated carbocycles. The molecule has 0 aliphatic carbocycles. The normalized spacial score (nSPS) is 9.13. The number of ether oxygens (including phenoxy) is 1. The Labute approximate surface area is 88.5 Å². The molecule has 0 fully saturated rings. The third-order valence-corrected chi connectivity index (χ3v) is 2.09. The van der Waals surface area contributed by atoms with Crippen LogP contribution in [0.25, 0.3) is 0 Å². The van der Waals surface area contributed by atoms with E-state index in [9.17, 15) is 4.79 Å². The molecular weight excluding hydrogens is 192 g/mol. The molecule has 1 N–H and O–H groups in total. The molecule has 0 atom stereocenters. The topological polar surface area (TPSA) is 62.1 Å². The molecule has 0 aliphatic rings. The molecule has 4 heteroatoms. The second-order valence-electron chi connectivity index (χ2n) is 3.10. The van der Waals surface area contributed by atoms with Crippen molar-refractivity contribution in [2.45, 2.75) is 13.5 Å². The maximum absolute atomic E-state index is 10.9. The lowest BCUT2D eigenvalue weighted by Gasteiger charge is -2.07. The fourth-order valence-corrected chi connectivity index (χ4v) is 1.17. The van der Waals surface area contributed by atoms with Crippen LogP contribution in [0, 0.1) is 18.3 Å². The Kier molecular flexibility index (Phi) is 3.69. The van der Waals surface area contributed by atoms with Gasteiger partial charge in [-0.2, -0.15) is 5.26 Å². The number of hydrogen-bond acceptors (Lipinski definition) is 3. The van der Waals surface area contributed by atoms with Crippen LogP contribution in [0.5, 0.6) is 0 Å². The lowest BCUT2D eigenvalue weighted by atomic mass is 10.1. The number of aryl methyl sites for hydroxylation is 1. The molecule has 1 aromatic carbocycles. The first-order valence-electron chi connectivity index (χ1n) is 4.49. The summed E-state index contributed by atoms with van der Waals surface area (Å²) in [6.45, 7) is 2.30. The molecule has 0 spiro atoms. The molecule has 0 heterocycles. The zero-order chi connectivity index (χ0) is 11.3. The van der Waals surface area contributed by atoms with Gasteiger partial charge in [-0.15, -0.1) is 0 Å². The summed E-state index contributed by atoms with van der Waals surface area (Å²) in [5.41, 5.74) is 2.53. The Bertz CT molecular complexity index is 408. The molecule has 0 bridgehead atoms. The number of amides is 1. The first kappa shape index (κ1) is 11.1. The molecule has 1 aromatic rings. The van der Waals surface area contributed by atoms with E-state index in [0.29, 0.717) is 12.1 Å². The minimum Gasteiger partial charge on any atom is -0.453 e. The van der Waals surface area contributed by atoms with Crippen molar-refractivity contribution in [3.63, 3.8) is 0 Å². The van der Waals surface area contributed by atoms with Crippen LogP contribution >= 0.6 is 0 Å². The standard InChI is InChI=1S/C11H12N2O2/c1-8-3-4-9(6-12)5-10(8)7-13-11(14)15-2/h3-5H,7H2,1-2H3,(H,13,14). The molecule has 0 aliphatic heterocycles. The van der Waals surface area contributed by atoms with Crippen LogP contribution in [0.2, 0.25) is 0 Å². The fourth-order valence-electron chi connectivity index (χ4n) is 1.17. The van der Waals surface area contributed by atoms with Crippen LogP contribution in [-0.4, -0.2) is 13.2 Å². The van der Waals surface area contributed by atoms with Crippen molar-refractivity contribution in [3.05, 3.63) is 34.9 Å². The zero-order valence-corrected chi connectivity index (χ0v) is 8.70. The first-order valence-corrected chi connectivity index (χ1v) is 4.49. The van der Waals surface area contributed by atoms with Gasteiger partial charge in [0.05, 0.1) is 18.7 Å². The van der Waals surface area contributed by atoms with E-state index in [4.69, 9.17) is 5.26 Å². The number of nitriles is 1. The molecule has 0 radical (unpaired) electrons. The van der Waals surface area contributed by atoms with E-state index in [2.05, 4.69) is 16.1 Å². The van der Waals surface area contributed by atoms with Crippen molar-refractivity contribution in [1.82, 2.24) is 5.32 Å². The molecule has 4 nitrogen and oxygen atoms in total. The molecule has 15 heavy (non-hydrogen) atoms. The number of nitrogens with zero attached hydrogens (tertiary/aromatic N) is 1. The van der Waals surface area contributed by atoms with Gasteiger partial charge in [-0.05, 0) is 30.2 Å². The maximum Gasteiger partial charge on any atom is 0.407 e. The second-order valence-corrected chi connectivity index (χ2v) is 3.10. The van der Waals surface area contributed by atoms with Gasteiger partial charge in [0.1, 0.15) is 0 Å². The Hall–Kier alpha value is -2.02. The van der Waals surface area contributed by atoms with E-state index in [1.54, 1.807) is 12.1 Å². The van der Waals surface area contributed by atoms with E-state index in [-0.39, 0.29) is 0 Å². The maximum atomic E-state index is 10.9. The van der Waals surface area contributed by atoms with Crippen molar-refractivity contribution >= 4 is 6.09 Å². The highest BCUT2D eigenvalue weighted by Crippen LogP contribution is 2.10.